The van der Waals surface area contributed by atoms with Crippen LogP contribution in [0.1, 0.15) is 16.1 Å². The minimum absolute atomic E-state index is 0.274. The fourth-order valence-electron chi connectivity index (χ4n) is 2.05. The zero-order chi connectivity index (χ0) is 15.0. The molecule has 1 heterocycles. The third-order valence-electron chi connectivity index (χ3n) is 3.07. The van der Waals surface area contributed by atoms with Crippen molar-refractivity contribution in [3.63, 3.8) is 0 Å². The fraction of sp³-hybridized carbons (Fsp3) is 0.0625. The van der Waals surface area contributed by atoms with Gasteiger partial charge in [-0.05, 0) is 65.9 Å². The highest BCUT2D eigenvalue weighted by molar-refractivity contribution is 14.1. The van der Waals surface area contributed by atoms with Crippen LogP contribution in [0.3, 0.4) is 0 Å². The van der Waals surface area contributed by atoms with Crippen molar-refractivity contribution in [2.45, 2.75) is 6.92 Å². The molecule has 0 bridgehead atoms. The van der Waals surface area contributed by atoms with Gasteiger partial charge >= 0.3 is 0 Å². The molecule has 0 spiro atoms. The molecule has 1 N–H and O–H groups in total. The number of carbonyl (C=O) groups excluding carboxylic acids is 1. The molecule has 0 unspecified atom stereocenters. The SMILES string of the molecule is Cc1ccc2oc(C(=O)Nc3ccc(Cl)cc3I)cc2c1. The summed E-state index contributed by atoms with van der Waals surface area (Å²) in [6.45, 7) is 2.00. The maximum atomic E-state index is 12.3. The Morgan fingerprint density at radius 3 is 2.76 bits per heavy atom. The Morgan fingerprint density at radius 1 is 1.19 bits per heavy atom. The third-order valence-corrected chi connectivity index (χ3v) is 4.20. The van der Waals surface area contributed by atoms with E-state index < -0.39 is 0 Å². The monoisotopic (exact) mass is 411 g/mol. The molecular formula is C16H11ClINO2. The summed E-state index contributed by atoms with van der Waals surface area (Å²) in [4.78, 5) is 12.3. The second kappa shape index (κ2) is 5.69. The molecule has 0 atom stereocenters. The largest absolute Gasteiger partial charge is 0.451 e. The summed E-state index contributed by atoms with van der Waals surface area (Å²) < 4.78 is 6.46. The number of fused-ring (bicyclic) bond motifs is 1. The van der Waals surface area contributed by atoms with E-state index in [0.29, 0.717) is 22.1 Å². The van der Waals surface area contributed by atoms with E-state index in [-0.39, 0.29) is 5.91 Å². The number of aryl methyl sites for hydroxylation is 1. The minimum atomic E-state index is -0.274. The molecule has 0 aliphatic heterocycles. The number of hydrogen-bond acceptors (Lipinski definition) is 2. The van der Waals surface area contributed by atoms with Crippen LogP contribution < -0.4 is 5.32 Å². The van der Waals surface area contributed by atoms with Gasteiger partial charge in [0.15, 0.2) is 5.76 Å². The van der Waals surface area contributed by atoms with Crippen LogP contribution in [0.2, 0.25) is 5.02 Å². The second-order valence-corrected chi connectivity index (χ2v) is 6.33. The molecule has 0 aliphatic carbocycles. The van der Waals surface area contributed by atoms with Gasteiger partial charge < -0.3 is 9.73 Å². The van der Waals surface area contributed by atoms with Gasteiger partial charge in [0.2, 0.25) is 0 Å². The molecule has 106 valence electrons. The number of rotatable bonds is 2. The lowest BCUT2D eigenvalue weighted by atomic mass is 10.2. The summed E-state index contributed by atoms with van der Waals surface area (Å²) >= 11 is 8.03. The first-order chi connectivity index (χ1) is 10.0. The van der Waals surface area contributed by atoms with Crippen LogP contribution >= 0.6 is 34.2 Å². The first-order valence-corrected chi connectivity index (χ1v) is 7.75. The Kier molecular flexibility index (Phi) is 3.91. The average molecular weight is 412 g/mol. The van der Waals surface area contributed by atoms with Crippen LogP contribution in [0, 0.1) is 10.5 Å². The predicted molar refractivity (Wildman–Crippen MR) is 93.1 cm³/mol. The maximum Gasteiger partial charge on any atom is 0.291 e. The van der Waals surface area contributed by atoms with Crippen molar-refractivity contribution in [1.82, 2.24) is 0 Å². The number of carbonyl (C=O) groups is 1. The number of anilines is 1. The highest BCUT2D eigenvalue weighted by Gasteiger charge is 2.14. The molecule has 0 radical (unpaired) electrons. The molecule has 0 fully saturated rings. The first kappa shape index (κ1) is 14.4. The Labute approximate surface area is 140 Å². The molecule has 1 aromatic heterocycles. The second-order valence-electron chi connectivity index (χ2n) is 4.73. The highest BCUT2D eigenvalue weighted by atomic mass is 127. The molecule has 3 aromatic rings. The number of hydrogen-bond donors (Lipinski definition) is 1. The van der Waals surface area contributed by atoms with E-state index in [4.69, 9.17) is 16.0 Å². The van der Waals surface area contributed by atoms with Crippen molar-refractivity contribution in [3.05, 3.63) is 62.4 Å². The average Bonchev–Trinajstić information content (AvgIpc) is 2.85. The topological polar surface area (TPSA) is 42.2 Å². The van der Waals surface area contributed by atoms with Crippen LogP contribution in [-0.2, 0) is 0 Å². The van der Waals surface area contributed by atoms with Crippen molar-refractivity contribution >= 4 is 56.8 Å². The Bertz CT molecular complexity index is 841. The van der Waals surface area contributed by atoms with Crippen molar-refractivity contribution in [2.75, 3.05) is 5.32 Å². The van der Waals surface area contributed by atoms with E-state index in [1.807, 2.05) is 25.1 Å². The van der Waals surface area contributed by atoms with Crippen LogP contribution in [0.15, 0.2) is 46.9 Å². The Balaban J connectivity index is 1.89. The van der Waals surface area contributed by atoms with E-state index in [9.17, 15) is 4.79 Å². The number of furan rings is 1. The standard InChI is InChI=1S/C16H11ClINO2/c1-9-2-5-14-10(6-9)7-15(21-14)16(20)19-13-4-3-11(17)8-12(13)18/h2-8H,1H3,(H,19,20). The molecule has 0 saturated heterocycles. The van der Waals surface area contributed by atoms with Crippen LogP contribution in [-0.4, -0.2) is 5.91 Å². The summed E-state index contributed by atoms with van der Waals surface area (Å²) in [5.74, 6) is 0.0189. The zero-order valence-electron chi connectivity index (χ0n) is 11.1. The zero-order valence-corrected chi connectivity index (χ0v) is 14.0. The molecule has 2 aromatic carbocycles. The summed E-state index contributed by atoms with van der Waals surface area (Å²) in [6.07, 6.45) is 0. The molecule has 3 nitrogen and oxygen atoms in total. The maximum absolute atomic E-state index is 12.3. The number of amides is 1. The van der Waals surface area contributed by atoms with E-state index in [1.54, 1.807) is 24.3 Å². The number of halogens is 2. The van der Waals surface area contributed by atoms with Crippen LogP contribution in [0.25, 0.3) is 11.0 Å². The van der Waals surface area contributed by atoms with Gasteiger partial charge in [-0.15, -0.1) is 0 Å². The van der Waals surface area contributed by atoms with Gasteiger partial charge in [0.1, 0.15) is 5.58 Å². The lowest BCUT2D eigenvalue weighted by molar-refractivity contribution is 0.0998. The lowest BCUT2D eigenvalue weighted by Gasteiger charge is -2.05. The smallest absolute Gasteiger partial charge is 0.291 e. The molecular weight excluding hydrogens is 401 g/mol. The van der Waals surface area contributed by atoms with Crippen molar-refractivity contribution in [2.24, 2.45) is 0 Å². The van der Waals surface area contributed by atoms with Gasteiger partial charge in [-0.25, -0.2) is 0 Å². The van der Waals surface area contributed by atoms with Gasteiger partial charge in [0.25, 0.3) is 5.91 Å². The van der Waals surface area contributed by atoms with Gasteiger partial charge in [0, 0.05) is 14.0 Å². The number of nitrogens with one attached hydrogen (secondary N) is 1. The summed E-state index contributed by atoms with van der Waals surface area (Å²) in [5.41, 5.74) is 2.54. The molecule has 1 amide bonds. The Morgan fingerprint density at radius 2 is 2.00 bits per heavy atom. The Hall–Kier alpha value is -1.53. The van der Waals surface area contributed by atoms with E-state index in [0.717, 1.165) is 14.5 Å². The highest BCUT2D eigenvalue weighted by Crippen LogP contribution is 2.25. The van der Waals surface area contributed by atoms with Gasteiger partial charge in [0.05, 0.1) is 5.69 Å². The van der Waals surface area contributed by atoms with Crippen LogP contribution in [0.5, 0.6) is 0 Å². The van der Waals surface area contributed by atoms with Gasteiger partial charge in [-0.3, -0.25) is 4.79 Å². The molecule has 3 rings (SSSR count). The molecule has 0 aliphatic rings. The van der Waals surface area contributed by atoms with Gasteiger partial charge in [-0.2, -0.15) is 0 Å². The minimum Gasteiger partial charge on any atom is -0.451 e. The van der Waals surface area contributed by atoms with Gasteiger partial charge in [-0.1, -0.05) is 23.2 Å². The fourth-order valence-corrected chi connectivity index (χ4v) is 3.06. The third kappa shape index (κ3) is 3.06. The molecule has 5 heteroatoms. The van der Waals surface area contributed by atoms with E-state index in [1.165, 1.54) is 0 Å². The lowest BCUT2D eigenvalue weighted by Crippen LogP contribution is -2.11. The van der Waals surface area contributed by atoms with Crippen molar-refractivity contribution in [1.29, 1.82) is 0 Å². The summed E-state index contributed by atoms with van der Waals surface area (Å²) in [7, 11) is 0. The van der Waals surface area contributed by atoms with Crippen molar-refractivity contribution in [3.8, 4) is 0 Å². The van der Waals surface area contributed by atoms with Crippen LogP contribution in [0.4, 0.5) is 5.69 Å². The number of benzene rings is 2. The van der Waals surface area contributed by atoms with Crippen molar-refractivity contribution < 1.29 is 9.21 Å². The summed E-state index contributed by atoms with van der Waals surface area (Å²) in [5, 5.41) is 4.39. The summed E-state index contributed by atoms with van der Waals surface area (Å²) in [6, 6.07) is 12.9. The predicted octanol–water partition coefficient (Wildman–Crippen LogP) is 5.25. The van der Waals surface area contributed by atoms with E-state index in [2.05, 4.69) is 27.9 Å². The quantitative estimate of drug-likeness (QED) is 0.585. The molecule has 0 saturated carbocycles. The first-order valence-electron chi connectivity index (χ1n) is 6.29. The van der Waals surface area contributed by atoms with E-state index >= 15 is 0 Å². The molecule has 21 heavy (non-hydrogen) atoms. The normalized spacial score (nSPS) is 10.8.